The molecule has 3 aromatic rings. The zero-order valence-corrected chi connectivity index (χ0v) is 19.4. The SMILES string of the molecule is Cc1ccc(N2CCc3c(cc(NC(=O)Cc4ccc(F)cc4Cl)cc3S(N)(=O)=O)C2)nc1. The fourth-order valence-corrected chi connectivity index (χ4v) is 4.97. The molecule has 7 nitrogen and oxygen atoms in total. The first-order chi connectivity index (χ1) is 15.6. The van der Waals surface area contributed by atoms with Gasteiger partial charge in [-0.1, -0.05) is 23.7 Å². The van der Waals surface area contributed by atoms with Gasteiger partial charge in [-0.05, 0) is 65.9 Å². The van der Waals surface area contributed by atoms with Gasteiger partial charge in [0.2, 0.25) is 15.9 Å². The van der Waals surface area contributed by atoms with E-state index in [1.54, 1.807) is 12.3 Å². The van der Waals surface area contributed by atoms with E-state index in [9.17, 15) is 17.6 Å². The number of carbonyl (C=O) groups is 1. The van der Waals surface area contributed by atoms with Crippen LogP contribution in [0, 0.1) is 12.7 Å². The van der Waals surface area contributed by atoms with Crippen molar-refractivity contribution in [1.82, 2.24) is 4.98 Å². The Balaban J connectivity index is 1.62. The Morgan fingerprint density at radius 3 is 2.70 bits per heavy atom. The van der Waals surface area contributed by atoms with Crippen molar-refractivity contribution in [1.29, 1.82) is 0 Å². The average Bonchev–Trinajstić information content (AvgIpc) is 2.74. The molecule has 0 aliphatic carbocycles. The second kappa shape index (κ2) is 9.09. The summed E-state index contributed by atoms with van der Waals surface area (Å²) in [5, 5.41) is 8.33. The van der Waals surface area contributed by atoms with Crippen LogP contribution < -0.4 is 15.4 Å². The number of nitrogens with one attached hydrogen (secondary N) is 1. The minimum atomic E-state index is -4.01. The van der Waals surface area contributed by atoms with Crippen LogP contribution in [0.15, 0.2) is 53.6 Å². The van der Waals surface area contributed by atoms with Gasteiger partial charge in [-0.2, -0.15) is 0 Å². The third kappa shape index (κ3) is 5.32. The van der Waals surface area contributed by atoms with Crippen molar-refractivity contribution in [3.05, 3.63) is 81.8 Å². The van der Waals surface area contributed by atoms with Gasteiger partial charge < -0.3 is 10.2 Å². The van der Waals surface area contributed by atoms with Crippen LogP contribution in [0.4, 0.5) is 15.9 Å². The van der Waals surface area contributed by atoms with Crippen LogP contribution in [0.1, 0.15) is 22.3 Å². The Kier molecular flexibility index (Phi) is 6.38. The maximum atomic E-state index is 13.3. The summed E-state index contributed by atoms with van der Waals surface area (Å²) in [6, 6.07) is 10.8. The molecule has 0 bridgehead atoms. The topological polar surface area (TPSA) is 105 Å². The highest BCUT2D eigenvalue weighted by molar-refractivity contribution is 7.89. The van der Waals surface area contributed by atoms with Crippen molar-refractivity contribution < 1.29 is 17.6 Å². The third-order valence-electron chi connectivity index (χ3n) is 5.47. The van der Waals surface area contributed by atoms with Crippen molar-refractivity contribution in [3.8, 4) is 0 Å². The van der Waals surface area contributed by atoms with Crippen LogP contribution in [0.3, 0.4) is 0 Å². The van der Waals surface area contributed by atoms with Crippen molar-refractivity contribution >= 4 is 39.0 Å². The quantitative estimate of drug-likeness (QED) is 0.571. The smallest absolute Gasteiger partial charge is 0.238 e. The van der Waals surface area contributed by atoms with Gasteiger partial charge in [-0.3, -0.25) is 4.79 Å². The number of benzene rings is 2. The number of primary sulfonamides is 1. The van der Waals surface area contributed by atoms with E-state index in [0.717, 1.165) is 23.0 Å². The van der Waals surface area contributed by atoms with Crippen molar-refractivity contribution in [3.63, 3.8) is 0 Å². The number of aryl methyl sites for hydroxylation is 1. The summed E-state index contributed by atoms with van der Waals surface area (Å²) in [4.78, 5) is 19.1. The lowest BCUT2D eigenvalue weighted by molar-refractivity contribution is -0.115. The molecule has 0 fully saturated rings. The van der Waals surface area contributed by atoms with Gasteiger partial charge >= 0.3 is 0 Å². The lowest BCUT2D eigenvalue weighted by Gasteiger charge is -2.31. The number of hydrogen-bond acceptors (Lipinski definition) is 5. The predicted molar refractivity (Wildman–Crippen MR) is 125 cm³/mol. The Morgan fingerprint density at radius 2 is 2.03 bits per heavy atom. The van der Waals surface area contributed by atoms with Gasteiger partial charge in [0, 0.05) is 30.0 Å². The van der Waals surface area contributed by atoms with Gasteiger partial charge in [0.05, 0.1) is 11.3 Å². The Labute approximate surface area is 196 Å². The van der Waals surface area contributed by atoms with Crippen LogP contribution in [0.25, 0.3) is 0 Å². The first-order valence-corrected chi connectivity index (χ1v) is 12.1. The van der Waals surface area contributed by atoms with Crippen molar-refractivity contribution in [2.24, 2.45) is 5.14 Å². The van der Waals surface area contributed by atoms with E-state index in [1.807, 2.05) is 24.0 Å². The number of rotatable bonds is 5. The van der Waals surface area contributed by atoms with Crippen molar-refractivity contribution in [2.45, 2.75) is 31.2 Å². The van der Waals surface area contributed by atoms with E-state index >= 15 is 0 Å². The zero-order chi connectivity index (χ0) is 23.8. The molecule has 0 atom stereocenters. The summed E-state index contributed by atoms with van der Waals surface area (Å²) >= 11 is 6.01. The summed E-state index contributed by atoms with van der Waals surface area (Å²) in [6.07, 6.45) is 2.15. The normalized spacial score (nSPS) is 13.5. The van der Waals surface area contributed by atoms with Crippen LogP contribution in [0.5, 0.6) is 0 Å². The van der Waals surface area contributed by atoms with Gasteiger partial charge in [0.15, 0.2) is 0 Å². The molecule has 2 heterocycles. The first-order valence-electron chi connectivity index (χ1n) is 10.2. The van der Waals surface area contributed by atoms with E-state index < -0.39 is 21.7 Å². The van der Waals surface area contributed by atoms with E-state index in [0.29, 0.717) is 36.3 Å². The van der Waals surface area contributed by atoms with Gasteiger partial charge in [0.1, 0.15) is 11.6 Å². The predicted octanol–water partition coefficient (Wildman–Crippen LogP) is 3.57. The van der Waals surface area contributed by atoms with Gasteiger partial charge in [-0.15, -0.1) is 0 Å². The molecule has 0 radical (unpaired) electrons. The number of amides is 1. The number of fused-ring (bicyclic) bond motifs is 1. The molecule has 0 saturated carbocycles. The number of halogens is 2. The Bertz CT molecular complexity index is 1330. The molecule has 0 spiro atoms. The van der Waals surface area contributed by atoms with E-state index in [-0.39, 0.29) is 16.3 Å². The average molecular weight is 489 g/mol. The lowest BCUT2D eigenvalue weighted by Crippen LogP contribution is -2.32. The number of pyridine rings is 1. The van der Waals surface area contributed by atoms with Gasteiger partial charge in [0.25, 0.3) is 0 Å². The number of aromatic nitrogens is 1. The summed E-state index contributed by atoms with van der Waals surface area (Å²) in [5.41, 5.74) is 3.18. The minimum absolute atomic E-state index is 0.00775. The third-order valence-corrected chi connectivity index (χ3v) is 6.80. The second-order valence-electron chi connectivity index (χ2n) is 7.98. The molecule has 172 valence electrons. The molecule has 1 amide bonds. The molecule has 2 aromatic carbocycles. The maximum absolute atomic E-state index is 13.3. The number of carbonyl (C=O) groups excluding carboxylic acids is 1. The van der Waals surface area contributed by atoms with Crippen LogP contribution in [-0.2, 0) is 34.2 Å². The molecule has 0 saturated heterocycles. The van der Waals surface area contributed by atoms with E-state index in [2.05, 4.69) is 10.3 Å². The largest absolute Gasteiger partial charge is 0.352 e. The Morgan fingerprint density at radius 1 is 1.24 bits per heavy atom. The molecule has 0 unspecified atom stereocenters. The van der Waals surface area contributed by atoms with Gasteiger partial charge in [-0.25, -0.2) is 22.9 Å². The molecule has 3 N–H and O–H groups in total. The maximum Gasteiger partial charge on any atom is 0.238 e. The monoisotopic (exact) mass is 488 g/mol. The molecular formula is C23H22ClFN4O3S. The van der Waals surface area contributed by atoms with Crippen molar-refractivity contribution in [2.75, 3.05) is 16.8 Å². The molecule has 33 heavy (non-hydrogen) atoms. The molecule has 1 aliphatic heterocycles. The number of sulfonamides is 1. The minimum Gasteiger partial charge on any atom is -0.352 e. The molecule has 4 rings (SSSR count). The standard InChI is InChI=1S/C23H22ClFN4O3S/c1-14-2-5-22(27-12-14)29-7-6-19-16(13-29)8-18(11-21(19)33(26,31)32)28-23(30)9-15-3-4-17(25)10-20(15)24/h2-5,8,10-12H,6-7,9,13H2,1H3,(H,28,30)(H2,26,31,32). The fourth-order valence-electron chi connectivity index (χ4n) is 3.87. The number of anilines is 2. The fraction of sp³-hybridized carbons (Fsp3) is 0.217. The second-order valence-corrected chi connectivity index (χ2v) is 9.92. The van der Waals surface area contributed by atoms with Crippen LogP contribution >= 0.6 is 11.6 Å². The summed E-state index contributed by atoms with van der Waals surface area (Å²) in [7, 11) is -4.01. The highest BCUT2D eigenvalue weighted by Gasteiger charge is 2.25. The first kappa shape index (κ1) is 23.2. The highest BCUT2D eigenvalue weighted by atomic mass is 35.5. The molecular weight excluding hydrogens is 467 g/mol. The summed E-state index contributed by atoms with van der Waals surface area (Å²) < 4.78 is 37.8. The number of nitrogens with zero attached hydrogens (tertiary/aromatic N) is 2. The van der Waals surface area contributed by atoms with E-state index in [1.165, 1.54) is 18.2 Å². The lowest BCUT2D eigenvalue weighted by atomic mass is 9.98. The number of nitrogens with two attached hydrogens (primary N) is 1. The summed E-state index contributed by atoms with van der Waals surface area (Å²) in [6.45, 7) is 2.95. The zero-order valence-electron chi connectivity index (χ0n) is 17.8. The molecule has 1 aliphatic rings. The Hall–Kier alpha value is -3.01. The van der Waals surface area contributed by atoms with E-state index in [4.69, 9.17) is 16.7 Å². The highest BCUT2D eigenvalue weighted by Crippen LogP contribution is 2.31. The molecule has 10 heteroatoms. The van der Waals surface area contributed by atoms with Crippen LogP contribution in [0.2, 0.25) is 5.02 Å². The summed E-state index contributed by atoms with van der Waals surface area (Å²) in [5.74, 6) is -0.134. The van der Waals surface area contributed by atoms with Crippen LogP contribution in [-0.4, -0.2) is 25.9 Å². The molecule has 1 aromatic heterocycles. The number of hydrogen-bond donors (Lipinski definition) is 2.